The van der Waals surface area contributed by atoms with Crippen LogP contribution in [-0.2, 0) is 4.79 Å². The lowest BCUT2D eigenvalue weighted by molar-refractivity contribution is -0.117. The van der Waals surface area contributed by atoms with Crippen LogP contribution in [0.3, 0.4) is 0 Å². The monoisotopic (exact) mass is 366 g/mol. The van der Waals surface area contributed by atoms with Crippen LogP contribution in [0.25, 0.3) is 32.2 Å². The van der Waals surface area contributed by atoms with Crippen molar-refractivity contribution in [1.29, 1.82) is 0 Å². The molecule has 7 heteroatoms. The zero-order chi connectivity index (χ0) is 17.8. The van der Waals surface area contributed by atoms with E-state index in [1.54, 1.807) is 0 Å². The Bertz CT molecular complexity index is 1160. The molecule has 2 atom stereocenters. The summed E-state index contributed by atoms with van der Waals surface area (Å²) < 4.78 is 14.0. The van der Waals surface area contributed by atoms with Gasteiger partial charge in [0.15, 0.2) is 5.13 Å². The number of hydrogen-bond donors (Lipinski definition) is 2. The molecule has 0 aliphatic heterocycles. The molecule has 1 fully saturated rings. The van der Waals surface area contributed by atoms with Crippen LogP contribution in [0.5, 0.6) is 0 Å². The normalized spacial score (nSPS) is 19.2. The van der Waals surface area contributed by atoms with E-state index in [0.29, 0.717) is 11.6 Å². The standard InChI is InChI=1S/C19H15FN4OS/c1-9-2-4-11(13-8-21-24-17(9)13)10-3-5-15-16(6-10)26-19(22-15)23-18(25)12-7-14(12)20/h2-6,8,12,14H,7H2,1H3,(H,21,24)(H,22,23,25)/t12-,14+/m1/s1. The van der Waals surface area contributed by atoms with E-state index in [9.17, 15) is 9.18 Å². The van der Waals surface area contributed by atoms with Crippen LogP contribution >= 0.6 is 11.3 Å². The number of amides is 1. The second-order valence-corrected chi connectivity index (χ2v) is 7.67. The second kappa shape index (κ2) is 5.60. The average molecular weight is 366 g/mol. The summed E-state index contributed by atoms with van der Waals surface area (Å²) in [4.78, 5) is 16.3. The number of aromatic amines is 1. The van der Waals surface area contributed by atoms with E-state index in [2.05, 4.69) is 38.7 Å². The van der Waals surface area contributed by atoms with E-state index in [1.807, 2.05) is 25.3 Å². The van der Waals surface area contributed by atoms with E-state index in [1.165, 1.54) is 11.3 Å². The minimum Gasteiger partial charge on any atom is -0.302 e. The number of nitrogens with one attached hydrogen (secondary N) is 2. The summed E-state index contributed by atoms with van der Waals surface area (Å²) >= 11 is 1.40. The minimum absolute atomic E-state index is 0.282. The lowest BCUT2D eigenvalue weighted by Gasteiger charge is -2.05. The van der Waals surface area contributed by atoms with Crippen LogP contribution < -0.4 is 5.32 Å². The first kappa shape index (κ1) is 15.5. The SMILES string of the molecule is Cc1ccc(-c2ccc3nc(NC(=O)[C@@H]4C[C@@H]4F)sc3c2)c2cn[nH]c12. The Balaban J connectivity index is 1.52. The largest absolute Gasteiger partial charge is 0.302 e. The molecule has 1 aliphatic rings. The van der Waals surface area contributed by atoms with Crippen molar-refractivity contribution in [3.05, 3.63) is 42.1 Å². The van der Waals surface area contributed by atoms with E-state index in [-0.39, 0.29) is 5.91 Å². The number of fused-ring (bicyclic) bond motifs is 2. The van der Waals surface area contributed by atoms with Gasteiger partial charge in [-0.15, -0.1) is 0 Å². The Hall–Kier alpha value is -2.80. The third kappa shape index (κ3) is 2.47. The number of benzene rings is 2. The summed E-state index contributed by atoms with van der Waals surface area (Å²) in [5.74, 6) is -0.796. The number of carbonyl (C=O) groups excluding carboxylic acids is 1. The summed E-state index contributed by atoms with van der Waals surface area (Å²) in [6, 6.07) is 10.2. The highest BCUT2D eigenvalue weighted by Crippen LogP contribution is 2.37. The Kier molecular flexibility index (Phi) is 3.33. The Morgan fingerprint density at radius 3 is 3.00 bits per heavy atom. The third-order valence-electron chi connectivity index (χ3n) is 4.80. The Morgan fingerprint density at radius 1 is 1.35 bits per heavy atom. The molecule has 5 rings (SSSR count). The lowest BCUT2D eigenvalue weighted by Crippen LogP contribution is -2.14. The minimum atomic E-state index is -1.00. The van der Waals surface area contributed by atoms with Crippen molar-refractivity contribution in [2.75, 3.05) is 5.32 Å². The van der Waals surface area contributed by atoms with Crippen molar-refractivity contribution in [1.82, 2.24) is 15.2 Å². The van der Waals surface area contributed by atoms with Crippen molar-refractivity contribution in [3.63, 3.8) is 0 Å². The van der Waals surface area contributed by atoms with Crippen molar-refractivity contribution < 1.29 is 9.18 Å². The van der Waals surface area contributed by atoms with Crippen LogP contribution in [0, 0.1) is 12.8 Å². The maximum absolute atomic E-state index is 13.0. The highest BCUT2D eigenvalue weighted by molar-refractivity contribution is 7.22. The molecular formula is C19H15FN4OS. The first-order valence-corrected chi connectivity index (χ1v) is 9.20. The number of carbonyl (C=O) groups is 1. The molecule has 2 aromatic carbocycles. The fourth-order valence-electron chi connectivity index (χ4n) is 3.20. The zero-order valence-electron chi connectivity index (χ0n) is 13.9. The van der Waals surface area contributed by atoms with Gasteiger partial charge in [0, 0.05) is 5.39 Å². The highest BCUT2D eigenvalue weighted by atomic mass is 32.1. The van der Waals surface area contributed by atoms with Crippen LogP contribution in [0.15, 0.2) is 36.5 Å². The molecule has 2 aromatic heterocycles. The molecule has 1 amide bonds. The predicted octanol–water partition coefficient (Wildman–Crippen LogP) is 4.44. The average Bonchev–Trinajstić information content (AvgIpc) is 3.03. The number of hydrogen-bond acceptors (Lipinski definition) is 4. The fraction of sp³-hybridized carbons (Fsp3) is 0.211. The van der Waals surface area contributed by atoms with Gasteiger partial charge in [0.1, 0.15) is 6.17 Å². The van der Waals surface area contributed by atoms with E-state index >= 15 is 0 Å². The number of H-pyrrole nitrogens is 1. The van der Waals surface area contributed by atoms with Gasteiger partial charge in [0.25, 0.3) is 0 Å². The summed E-state index contributed by atoms with van der Waals surface area (Å²) in [7, 11) is 0. The van der Waals surface area contributed by atoms with E-state index < -0.39 is 12.1 Å². The Labute approximate surface area is 152 Å². The molecule has 0 saturated heterocycles. The third-order valence-corrected chi connectivity index (χ3v) is 5.74. The van der Waals surface area contributed by atoms with Crippen molar-refractivity contribution in [2.45, 2.75) is 19.5 Å². The fourth-order valence-corrected chi connectivity index (χ4v) is 4.11. The molecule has 0 bridgehead atoms. The molecule has 4 aromatic rings. The maximum Gasteiger partial charge on any atom is 0.232 e. The molecule has 2 N–H and O–H groups in total. The van der Waals surface area contributed by atoms with Gasteiger partial charge >= 0.3 is 0 Å². The number of alkyl halides is 1. The van der Waals surface area contributed by atoms with E-state index in [4.69, 9.17) is 0 Å². The molecule has 1 saturated carbocycles. The molecule has 5 nitrogen and oxygen atoms in total. The molecule has 1 aliphatic carbocycles. The number of anilines is 1. The molecule has 130 valence electrons. The first-order valence-electron chi connectivity index (χ1n) is 8.39. The van der Waals surface area contributed by atoms with Gasteiger partial charge in [0.2, 0.25) is 5.91 Å². The van der Waals surface area contributed by atoms with Gasteiger partial charge in [-0.3, -0.25) is 9.89 Å². The topological polar surface area (TPSA) is 70.7 Å². The van der Waals surface area contributed by atoms with Gasteiger partial charge < -0.3 is 5.32 Å². The van der Waals surface area contributed by atoms with Crippen molar-refractivity contribution in [2.24, 2.45) is 5.92 Å². The lowest BCUT2D eigenvalue weighted by atomic mass is 10.00. The smallest absolute Gasteiger partial charge is 0.232 e. The van der Waals surface area contributed by atoms with Crippen LogP contribution in [0.4, 0.5) is 9.52 Å². The van der Waals surface area contributed by atoms with Gasteiger partial charge in [-0.25, -0.2) is 9.37 Å². The summed E-state index contributed by atoms with van der Waals surface area (Å²) in [6.07, 6.45) is 1.15. The van der Waals surface area contributed by atoms with E-state index in [0.717, 1.165) is 37.8 Å². The molecular weight excluding hydrogens is 351 g/mol. The maximum atomic E-state index is 13.0. The summed E-state index contributed by atoms with van der Waals surface area (Å²) in [5.41, 5.74) is 5.16. The number of halogens is 1. The molecule has 0 radical (unpaired) electrons. The summed E-state index contributed by atoms with van der Waals surface area (Å²) in [6.45, 7) is 2.05. The zero-order valence-corrected chi connectivity index (χ0v) is 14.7. The van der Waals surface area contributed by atoms with Crippen LogP contribution in [-0.4, -0.2) is 27.3 Å². The molecule has 0 unspecified atom stereocenters. The van der Waals surface area contributed by atoms with Gasteiger partial charge in [-0.05, 0) is 42.2 Å². The highest BCUT2D eigenvalue weighted by Gasteiger charge is 2.43. The second-order valence-electron chi connectivity index (χ2n) is 6.64. The first-order chi connectivity index (χ1) is 12.6. The molecule has 0 spiro atoms. The van der Waals surface area contributed by atoms with Gasteiger partial charge in [0.05, 0.1) is 27.8 Å². The molecule has 26 heavy (non-hydrogen) atoms. The molecule has 2 heterocycles. The number of aryl methyl sites for hydroxylation is 1. The number of nitrogens with zero attached hydrogens (tertiary/aromatic N) is 2. The van der Waals surface area contributed by atoms with Crippen molar-refractivity contribution >= 4 is 43.5 Å². The quantitative estimate of drug-likeness (QED) is 0.563. The number of aromatic nitrogens is 3. The van der Waals surface area contributed by atoms with Gasteiger partial charge in [-0.2, -0.15) is 5.10 Å². The summed E-state index contributed by atoms with van der Waals surface area (Å²) in [5, 5.41) is 11.5. The van der Waals surface area contributed by atoms with Crippen molar-refractivity contribution in [3.8, 4) is 11.1 Å². The number of rotatable bonds is 3. The van der Waals surface area contributed by atoms with Crippen LogP contribution in [0.1, 0.15) is 12.0 Å². The predicted molar refractivity (Wildman–Crippen MR) is 101 cm³/mol. The van der Waals surface area contributed by atoms with Crippen LogP contribution in [0.2, 0.25) is 0 Å². The Morgan fingerprint density at radius 2 is 2.19 bits per heavy atom. The van der Waals surface area contributed by atoms with Gasteiger partial charge in [-0.1, -0.05) is 29.5 Å². The number of thiazole rings is 1.